The summed E-state index contributed by atoms with van der Waals surface area (Å²) in [5.74, 6) is 1.10. The van der Waals surface area contributed by atoms with Gasteiger partial charge in [-0.25, -0.2) is 19.9 Å². The fourth-order valence-electron chi connectivity index (χ4n) is 3.39. The molecule has 4 rings (SSSR count). The number of thiophene rings is 1. The van der Waals surface area contributed by atoms with Crippen LogP contribution in [-0.2, 0) is 4.79 Å². The monoisotopic (exact) mass is 414 g/mol. The summed E-state index contributed by atoms with van der Waals surface area (Å²) in [6.45, 7) is 5.83. The molecular weight excluding hydrogens is 392 g/mol. The minimum absolute atomic E-state index is 0.0298. The highest BCUT2D eigenvalue weighted by Crippen LogP contribution is 2.34. The topological polar surface area (TPSA) is 83.9 Å². The van der Waals surface area contributed by atoms with Gasteiger partial charge in [-0.2, -0.15) is 0 Å². The summed E-state index contributed by atoms with van der Waals surface area (Å²) in [5.41, 5.74) is 1.20. The third-order valence-electron chi connectivity index (χ3n) is 4.89. The number of nitrogens with zero attached hydrogens (tertiary/aromatic N) is 5. The van der Waals surface area contributed by atoms with E-state index >= 15 is 0 Å². The van der Waals surface area contributed by atoms with Crippen molar-refractivity contribution in [2.75, 3.05) is 23.7 Å². The predicted octanol–water partition coefficient (Wildman–Crippen LogP) is 2.98. The molecule has 1 atom stereocenters. The van der Waals surface area contributed by atoms with Gasteiger partial charge in [0.2, 0.25) is 11.9 Å². The third-order valence-corrected chi connectivity index (χ3v) is 7.00. The van der Waals surface area contributed by atoms with Crippen molar-refractivity contribution in [3.63, 3.8) is 0 Å². The van der Waals surface area contributed by atoms with Gasteiger partial charge in [0, 0.05) is 41.8 Å². The van der Waals surface area contributed by atoms with Crippen LogP contribution in [0.25, 0.3) is 10.2 Å². The summed E-state index contributed by atoms with van der Waals surface area (Å²) in [5, 5.41) is 5.12. The number of hydrogen-bond acceptors (Lipinski definition) is 8. The molecular formula is C19H22N6OS2. The molecule has 1 aliphatic rings. The van der Waals surface area contributed by atoms with Crippen molar-refractivity contribution in [3.8, 4) is 0 Å². The molecule has 146 valence electrons. The van der Waals surface area contributed by atoms with Crippen LogP contribution >= 0.6 is 23.1 Å². The minimum atomic E-state index is 0.0298. The molecule has 1 unspecified atom stereocenters. The van der Waals surface area contributed by atoms with Crippen LogP contribution in [0.3, 0.4) is 0 Å². The van der Waals surface area contributed by atoms with Gasteiger partial charge >= 0.3 is 0 Å². The number of aryl methyl sites for hydroxylation is 2. The average Bonchev–Trinajstić information content (AvgIpc) is 3.02. The summed E-state index contributed by atoms with van der Waals surface area (Å²) < 4.78 is 0. The van der Waals surface area contributed by atoms with Gasteiger partial charge in [-0.1, -0.05) is 11.8 Å². The lowest BCUT2D eigenvalue weighted by atomic mass is 10.1. The first-order valence-corrected chi connectivity index (χ1v) is 11.1. The smallest absolute Gasteiger partial charge is 0.230 e. The molecule has 0 radical (unpaired) electrons. The number of piperidine rings is 1. The van der Waals surface area contributed by atoms with Gasteiger partial charge in [-0.15, -0.1) is 11.3 Å². The first-order chi connectivity index (χ1) is 13.6. The summed E-state index contributed by atoms with van der Waals surface area (Å²) in [6.07, 6.45) is 7.06. The van der Waals surface area contributed by atoms with Crippen LogP contribution < -0.4 is 10.2 Å². The maximum Gasteiger partial charge on any atom is 0.230 e. The van der Waals surface area contributed by atoms with E-state index in [0.29, 0.717) is 5.75 Å². The van der Waals surface area contributed by atoms with E-state index in [-0.39, 0.29) is 11.9 Å². The second kappa shape index (κ2) is 8.40. The maximum absolute atomic E-state index is 12.5. The Kier molecular flexibility index (Phi) is 5.72. The van der Waals surface area contributed by atoms with Crippen molar-refractivity contribution in [2.24, 2.45) is 0 Å². The Morgan fingerprint density at radius 3 is 2.93 bits per heavy atom. The van der Waals surface area contributed by atoms with Crippen LogP contribution in [-0.4, -0.2) is 50.7 Å². The molecule has 0 bridgehead atoms. The molecule has 0 aromatic carbocycles. The first kappa shape index (κ1) is 19.1. The van der Waals surface area contributed by atoms with Crippen molar-refractivity contribution < 1.29 is 4.79 Å². The highest BCUT2D eigenvalue weighted by atomic mass is 32.2. The van der Waals surface area contributed by atoms with E-state index in [1.165, 1.54) is 22.2 Å². The van der Waals surface area contributed by atoms with Gasteiger partial charge in [0.15, 0.2) is 0 Å². The van der Waals surface area contributed by atoms with Crippen LogP contribution in [0, 0.1) is 13.8 Å². The Bertz CT molecular complexity index is 977. The molecule has 0 spiro atoms. The summed E-state index contributed by atoms with van der Waals surface area (Å²) >= 11 is 3.15. The van der Waals surface area contributed by atoms with Gasteiger partial charge in [-0.3, -0.25) is 4.79 Å². The van der Waals surface area contributed by atoms with E-state index in [1.54, 1.807) is 30.1 Å². The van der Waals surface area contributed by atoms with Crippen LogP contribution in [0.1, 0.15) is 23.3 Å². The molecule has 28 heavy (non-hydrogen) atoms. The van der Waals surface area contributed by atoms with E-state index in [2.05, 4.69) is 44.0 Å². The Labute approximate surface area is 172 Å². The normalized spacial score (nSPS) is 17.1. The summed E-state index contributed by atoms with van der Waals surface area (Å²) in [4.78, 5) is 34.3. The van der Waals surface area contributed by atoms with Crippen molar-refractivity contribution in [2.45, 2.75) is 37.8 Å². The van der Waals surface area contributed by atoms with Crippen LogP contribution in [0.2, 0.25) is 0 Å². The average molecular weight is 415 g/mol. The molecule has 3 aromatic heterocycles. The van der Waals surface area contributed by atoms with E-state index < -0.39 is 0 Å². The lowest BCUT2D eigenvalue weighted by molar-refractivity contribution is -0.119. The van der Waals surface area contributed by atoms with E-state index in [9.17, 15) is 4.79 Å². The van der Waals surface area contributed by atoms with Crippen molar-refractivity contribution in [1.82, 2.24) is 25.3 Å². The molecule has 4 heterocycles. The van der Waals surface area contributed by atoms with Crippen LogP contribution in [0.4, 0.5) is 5.95 Å². The zero-order valence-electron chi connectivity index (χ0n) is 15.9. The third kappa shape index (κ3) is 4.10. The number of carbonyl (C=O) groups excluding carboxylic acids is 1. The summed E-state index contributed by atoms with van der Waals surface area (Å²) in [7, 11) is 0. The molecule has 1 saturated heterocycles. The molecule has 1 N–H and O–H groups in total. The van der Waals surface area contributed by atoms with Gasteiger partial charge in [0.1, 0.15) is 16.2 Å². The number of anilines is 1. The lowest BCUT2D eigenvalue weighted by Crippen LogP contribution is -2.48. The number of aromatic nitrogens is 4. The van der Waals surface area contributed by atoms with Crippen molar-refractivity contribution in [3.05, 3.63) is 35.2 Å². The fourth-order valence-corrected chi connectivity index (χ4v) is 5.32. The summed E-state index contributed by atoms with van der Waals surface area (Å²) in [6, 6.07) is 1.92. The standard InChI is InChI=1S/C19H22N6OS2/c1-12-13(2)28-18-16(12)17(22-11-23-18)27-10-15(26)24-14-5-3-8-25(9-14)19-20-6-4-7-21-19/h4,6-7,11,14H,3,5,8-10H2,1-2H3,(H,24,26). The maximum atomic E-state index is 12.5. The molecule has 9 heteroatoms. The number of rotatable bonds is 5. The zero-order chi connectivity index (χ0) is 19.5. The quantitative estimate of drug-likeness (QED) is 0.507. The predicted molar refractivity (Wildman–Crippen MR) is 113 cm³/mol. The Balaban J connectivity index is 1.36. The van der Waals surface area contributed by atoms with Gasteiger partial charge < -0.3 is 10.2 Å². The Hall–Kier alpha value is -2.26. The largest absolute Gasteiger partial charge is 0.351 e. The van der Waals surface area contributed by atoms with E-state index in [4.69, 9.17) is 0 Å². The van der Waals surface area contributed by atoms with Gasteiger partial charge in [0.05, 0.1) is 5.75 Å². The molecule has 7 nitrogen and oxygen atoms in total. The Morgan fingerprint density at radius 2 is 2.11 bits per heavy atom. The van der Waals surface area contributed by atoms with E-state index in [0.717, 1.165) is 47.1 Å². The van der Waals surface area contributed by atoms with Crippen molar-refractivity contribution in [1.29, 1.82) is 0 Å². The van der Waals surface area contributed by atoms with Crippen LogP contribution in [0.5, 0.6) is 0 Å². The first-order valence-electron chi connectivity index (χ1n) is 9.26. The number of amides is 1. The molecule has 1 amide bonds. The van der Waals surface area contributed by atoms with E-state index in [1.807, 2.05) is 6.07 Å². The zero-order valence-corrected chi connectivity index (χ0v) is 17.5. The van der Waals surface area contributed by atoms with Gasteiger partial charge in [-0.05, 0) is 38.3 Å². The molecule has 1 aliphatic heterocycles. The molecule has 0 saturated carbocycles. The van der Waals surface area contributed by atoms with Crippen LogP contribution in [0.15, 0.2) is 29.8 Å². The second-order valence-corrected chi connectivity index (χ2v) is 9.00. The molecule has 0 aliphatic carbocycles. The highest BCUT2D eigenvalue weighted by molar-refractivity contribution is 8.00. The number of thioether (sulfide) groups is 1. The molecule has 3 aromatic rings. The number of carbonyl (C=O) groups is 1. The number of hydrogen-bond donors (Lipinski definition) is 1. The fraction of sp³-hybridized carbons (Fsp3) is 0.421. The second-order valence-electron chi connectivity index (χ2n) is 6.83. The lowest BCUT2D eigenvalue weighted by Gasteiger charge is -2.33. The number of nitrogens with one attached hydrogen (secondary N) is 1. The SMILES string of the molecule is Cc1sc2ncnc(SCC(=O)NC3CCCN(c4ncccn4)C3)c2c1C. The highest BCUT2D eigenvalue weighted by Gasteiger charge is 2.23. The van der Waals surface area contributed by atoms with Gasteiger partial charge in [0.25, 0.3) is 0 Å². The minimum Gasteiger partial charge on any atom is -0.351 e. The van der Waals surface area contributed by atoms with Crippen molar-refractivity contribution >= 4 is 45.2 Å². The Morgan fingerprint density at radius 1 is 1.29 bits per heavy atom. The molecule has 1 fully saturated rings. The number of fused-ring (bicyclic) bond motifs is 1.